The molecular weight excluding hydrogens is 144 g/mol. The highest BCUT2D eigenvalue weighted by atomic mass is 14.2. The van der Waals surface area contributed by atoms with Crippen molar-refractivity contribution in [1.82, 2.24) is 0 Å². The van der Waals surface area contributed by atoms with E-state index in [0.29, 0.717) is 0 Å². The van der Waals surface area contributed by atoms with Crippen LogP contribution in [0.5, 0.6) is 0 Å². The second-order valence-corrected chi connectivity index (χ2v) is 3.55. The minimum atomic E-state index is 0.889. The van der Waals surface area contributed by atoms with Crippen LogP contribution in [0.15, 0.2) is 12.7 Å². The maximum atomic E-state index is 3.77. The molecule has 1 unspecified atom stereocenters. The first kappa shape index (κ1) is 11.7. The van der Waals surface area contributed by atoms with Crippen LogP contribution in [0.3, 0.4) is 0 Å². The normalized spacial score (nSPS) is 19.6. The first-order valence-corrected chi connectivity index (χ1v) is 5.45. The van der Waals surface area contributed by atoms with Crippen molar-refractivity contribution in [2.45, 2.75) is 52.9 Å². The Morgan fingerprint density at radius 2 is 1.83 bits per heavy atom. The van der Waals surface area contributed by atoms with Gasteiger partial charge in [-0.2, -0.15) is 0 Å². The minimum Gasteiger partial charge on any atom is -0.103 e. The summed E-state index contributed by atoms with van der Waals surface area (Å²) in [7, 11) is 0. The van der Waals surface area contributed by atoms with Crippen molar-refractivity contribution in [2.24, 2.45) is 11.8 Å². The molecule has 0 amide bonds. The van der Waals surface area contributed by atoms with Gasteiger partial charge in [0.1, 0.15) is 0 Å². The maximum Gasteiger partial charge on any atom is -0.0325 e. The van der Waals surface area contributed by atoms with Crippen LogP contribution in [0.2, 0.25) is 0 Å². The Morgan fingerprint density at radius 1 is 1.33 bits per heavy atom. The monoisotopic (exact) mass is 168 g/mol. The Hall–Kier alpha value is -0.260. The average Bonchev–Trinajstić information content (AvgIpc) is 2.60. The molecule has 0 saturated heterocycles. The molecule has 1 aliphatic rings. The quantitative estimate of drug-likeness (QED) is 0.547. The Bertz CT molecular complexity index is 98.6. The van der Waals surface area contributed by atoms with Crippen LogP contribution in [0.1, 0.15) is 52.9 Å². The Kier molecular flexibility index (Phi) is 7.23. The van der Waals surface area contributed by atoms with Crippen LogP contribution >= 0.6 is 0 Å². The first-order chi connectivity index (χ1) is 5.84. The molecule has 0 heterocycles. The summed E-state index contributed by atoms with van der Waals surface area (Å²) in [5.74, 6) is 1.90. The molecule has 0 bridgehead atoms. The highest BCUT2D eigenvalue weighted by Gasteiger charge is 2.19. The smallest absolute Gasteiger partial charge is 0.0325 e. The Morgan fingerprint density at radius 3 is 2.25 bits per heavy atom. The van der Waals surface area contributed by atoms with Crippen LogP contribution in [0, 0.1) is 11.8 Å². The summed E-state index contributed by atoms with van der Waals surface area (Å²) >= 11 is 0. The average molecular weight is 168 g/mol. The van der Waals surface area contributed by atoms with E-state index in [2.05, 4.69) is 19.6 Å². The summed E-state index contributed by atoms with van der Waals surface area (Å²) in [6, 6.07) is 0. The van der Waals surface area contributed by atoms with Gasteiger partial charge in [-0.15, -0.1) is 6.58 Å². The van der Waals surface area contributed by atoms with Gasteiger partial charge in [0.25, 0.3) is 0 Å². The summed E-state index contributed by atoms with van der Waals surface area (Å²) in [4.78, 5) is 0. The van der Waals surface area contributed by atoms with E-state index in [1.54, 1.807) is 0 Å². The number of hydrogen-bond donors (Lipinski definition) is 0. The van der Waals surface area contributed by atoms with Crippen LogP contribution in [-0.4, -0.2) is 0 Å². The number of allylic oxidation sites excluding steroid dienone is 1. The summed E-state index contributed by atoms with van der Waals surface area (Å²) < 4.78 is 0. The third-order valence-corrected chi connectivity index (χ3v) is 2.74. The fraction of sp³-hybridized carbons (Fsp3) is 0.833. The second-order valence-electron chi connectivity index (χ2n) is 3.55. The highest BCUT2D eigenvalue weighted by Crippen LogP contribution is 2.32. The minimum absolute atomic E-state index is 0.889. The summed E-state index contributed by atoms with van der Waals surface area (Å²) in [6.45, 7) is 10.1. The zero-order valence-electron chi connectivity index (χ0n) is 8.97. The van der Waals surface area contributed by atoms with E-state index in [1.807, 2.05) is 13.8 Å². The molecule has 0 N–H and O–H groups in total. The molecule has 0 aliphatic heterocycles. The summed E-state index contributed by atoms with van der Waals surface area (Å²) in [5.41, 5.74) is 0. The molecule has 0 radical (unpaired) electrons. The molecule has 0 nitrogen and oxygen atoms in total. The van der Waals surface area contributed by atoms with Gasteiger partial charge in [0, 0.05) is 0 Å². The third kappa shape index (κ3) is 3.94. The second kappa shape index (κ2) is 7.39. The van der Waals surface area contributed by atoms with Crippen LogP contribution in [0.25, 0.3) is 0 Å². The molecule has 1 fully saturated rings. The molecule has 72 valence electrons. The van der Waals surface area contributed by atoms with Gasteiger partial charge < -0.3 is 0 Å². The van der Waals surface area contributed by atoms with Crippen LogP contribution < -0.4 is 0 Å². The van der Waals surface area contributed by atoms with Crippen molar-refractivity contribution >= 4 is 0 Å². The molecular formula is C12H24. The molecule has 1 rings (SSSR count). The number of hydrogen-bond acceptors (Lipinski definition) is 0. The molecule has 0 aromatic rings. The third-order valence-electron chi connectivity index (χ3n) is 2.74. The molecule has 0 aromatic heterocycles. The van der Waals surface area contributed by atoms with Gasteiger partial charge in [-0.05, 0) is 18.3 Å². The predicted molar refractivity (Wildman–Crippen MR) is 57.3 cm³/mol. The lowest BCUT2D eigenvalue weighted by Gasteiger charge is -2.15. The predicted octanol–water partition coefficient (Wildman–Crippen LogP) is 4.42. The fourth-order valence-electron chi connectivity index (χ4n) is 1.98. The van der Waals surface area contributed by atoms with Gasteiger partial charge in [-0.1, -0.05) is 52.5 Å². The molecule has 0 heteroatoms. The molecule has 1 saturated carbocycles. The van der Waals surface area contributed by atoms with Crippen molar-refractivity contribution in [1.29, 1.82) is 0 Å². The van der Waals surface area contributed by atoms with E-state index in [0.717, 1.165) is 11.8 Å². The van der Waals surface area contributed by atoms with E-state index in [9.17, 15) is 0 Å². The van der Waals surface area contributed by atoms with Gasteiger partial charge >= 0.3 is 0 Å². The lowest BCUT2D eigenvalue weighted by molar-refractivity contribution is 0.370. The Balaban J connectivity index is 0.000000561. The molecule has 1 aliphatic carbocycles. The molecule has 1 atom stereocenters. The zero-order chi connectivity index (χ0) is 9.40. The lowest BCUT2D eigenvalue weighted by atomic mass is 9.90. The van der Waals surface area contributed by atoms with Gasteiger partial charge in [0.2, 0.25) is 0 Å². The maximum absolute atomic E-state index is 3.77. The van der Waals surface area contributed by atoms with Crippen LogP contribution in [-0.2, 0) is 0 Å². The van der Waals surface area contributed by atoms with Gasteiger partial charge in [-0.25, -0.2) is 0 Å². The van der Waals surface area contributed by atoms with Crippen molar-refractivity contribution in [3.63, 3.8) is 0 Å². The van der Waals surface area contributed by atoms with E-state index in [1.165, 1.54) is 32.1 Å². The van der Waals surface area contributed by atoms with E-state index < -0.39 is 0 Å². The summed E-state index contributed by atoms with van der Waals surface area (Å²) in [6.07, 6.45) is 9.13. The van der Waals surface area contributed by atoms with Crippen molar-refractivity contribution < 1.29 is 0 Å². The largest absolute Gasteiger partial charge is 0.103 e. The van der Waals surface area contributed by atoms with E-state index >= 15 is 0 Å². The summed E-state index contributed by atoms with van der Waals surface area (Å²) in [5, 5.41) is 0. The standard InChI is InChI=1S/C10H18.C2H6/c1-3-6-9(2)10-7-4-5-8-10;1-2/h3,9-10H,1,4-8H2,2H3;1-2H3. The van der Waals surface area contributed by atoms with Crippen molar-refractivity contribution in [2.75, 3.05) is 0 Å². The zero-order valence-corrected chi connectivity index (χ0v) is 8.97. The molecule has 0 aromatic carbocycles. The van der Waals surface area contributed by atoms with Gasteiger partial charge in [0.15, 0.2) is 0 Å². The fourth-order valence-corrected chi connectivity index (χ4v) is 1.98. The van der Waals surface area contributed by atoms with Gasteiger partial charge in [0.05, 0.1) is 0 Å². The molecule has 12 heavy (non-hydrogen) atoms. The highest BCUT2D eigenvalue weighted by molar-refractivity contribution is 4.78. The van der Waals surface area contributed by atoms with Crippen LogP contribution in [0.4, 0.5) is 0 Å². The topological polar surface area (TPSA) is 0 Å². The SMILES string of the molecule is C=CCC(C)C1CCCC1.CC. The van der Waals surface area contributed by atoms with Gasteiger partial charge in [-0.3, -0.25) is 0 Å². The van der Waals surface area contributed by atoms with Crippen molar-refractivity contribution in [3.8, 4) is 0 Å². The molecule has 0 spiro atoms. The number of rotatable bonds is 3. The first-order valence-electron chi connectivity index (χ1n) is 5.45. The Labute approximate surface area is 78.1 Å². The van der Waals surface area contributed by atoms with E-state index in [4.69, 9.17) is 0 Å². The van der Waals surface area contributed by atoms with Crippen molar-refractivity contribution in [3.05, 3.63) is 12.7 Å². The van der Waals surface area contributed by atoms with E-state index in [-0.39, 0.29) is 0 Å². The lowest BCUT2D eigenvalue weighted by Crippen LogP contribution is -2.05.